The maximum absolute atomic E-state index is 12.0. The summed E-state index contributed by atoms with van der Waals surface area (Å²) >= 11 is 0. The molecule has 94 valence electrons. The molecule has 0 aliphatic heterocycles. The van der Waals surface area contributed by atoms with E-state index < -0.39 is 0 Å². The smallest absolute Gasteiger partial charge is 0.176 e. The fourth-order valence-corrected chi connectivity index (χ4v) is 1.62. The summed E-state index contributed by atoms with van der Waals surface area (Å²) in [6, 6.07) is 6.77. The quantitative estimate of drug-likeness (QED) is 0.797. The fourth-order valence-electron chi connectivity index (χ4n) is 1.62. The lowest BCUT2D eigenvalue weighted by molar-refractivity contribution is 0.0907. The Morgan fingerprint density at radius 3 is 2.24 bits per heavy atom. The predicted molar refractivity (Wildman–Crippen MR) is 69.4 cm³/mol. The second-order valence-corrected chi connectivity index (χ2v) is 4.87. The van der Waals surface area contributed by atoms with Crippen molar-refractivity contribution in [3.05, 3.63) is 29.8 Å². The number of likely N-dealkylation sites (N-methyl/N-ethyl adjacent to an activating group) is 1. The molecule has 0 saturated carbocycles. The summed E-state index contributed by atoms with van der Waals surface area (Å²) in [5.74, 6) is 0.790. The van der Waals surface area contributed by atoms with E-state index in [0.29, 0.717) is 24.1 Å². The first-order valence-electron chi connectivity index (χ1n) is 5.94. The molecule has 0 radical (unpaired) electrons. The van der Waals surface area contributed by atoms with Crippen molar-refractivity contribution in [2.75, 3.05) is 13.6 Å². The molecule has 17 heavy (non-hydrogen) atoms. The van der Waals surface area contributed by atoms with Gasteiger partial charge in [-0.15, -0.1) is 0 Å². The Morgan fingerprint density at radius 1 is 1.24 bits per heavy atom. The second kappa shape index (κ2) is 5.82. The van der Waals surface area contributed by atoms with Crippen molar-refractivity contribution in [3.63, 3.8) is 0 Å². The number of aromatic hydroxyl groups is 1. The van der Waals surface area contributed by atoms with Crippen LogP contribution in [0.4, 0.5) is 0 Å². The molecule has 0 aliphatic carbocycles. The average molecular weight is 235 g/mol. The minimum atomic E-state index is 0.0833. The van der Waals surface area contributed by atoms with E-state index in [-0.39, 0.29) is 11.5 Å². The summed E-state index contributed by atoms with van der Waals surface area (Å²) in [5.41, 5.74) is 0.644. The summed E-state index contributed by atoms with van der Waals surface area (Å²) in [4.78, 5) is 14.0. The zero-order valence-electron chi connectivity index (χ0n) is 11.0. The van der Waals surface area contributed by atoms with E-state index in [2.05, 4.69) is 25.7 Å². The third-order valence-electron chi connectivity index (χ3n) is 3.24. The number of carbonyl (C=O) groups excluding carboxylic acids is 1. The van der Waals surface area contributed by atoms with E-state index in [0.717, 1.165) is 0 Å². The van der Waals surface area contributed by atoms with Gasteiger partial charge in [0.15, 0.2) is 5.78 Å². The highest BCUT2D eigenvalue weighted by Gasteiger charge is 2.16. The van der Waals surface area contributed by atoms with Crippen LogP contribution in [0.25, 0.3) is 0 Å². The largest absolute Gasteiger partial charge is 0.508 e. The van der Waals surface area contributed by atoms with Gasteiger partial charge in [-0.05, 0) is 44.2 Å². The zero-order chi connectivity index (χ0) is 13.0. The van der Waals surface area contributed by atoms with Gasteiger partial charge in [0.1, 0.15) is 5.75 Å². The number of ketones is 1. The van der Waals surface area contributed by atoms with Crippen molar-refractivity contribution in [2.24, 2.45) is 5.92 Å². The molecule has 0 amide bonds. The summed E-state index contributed by atoms with van der Waals surface area (Å²) in [6.07, 6.45) is 0. The molecule has 3 heteroatoms. The lowest BCUT2D eigenvalue weighted by Crippen LogP contribution is -2.37. The van der Waals surface area contributed by atoms with Gasteiger partial charge in [-0.25, -0.2) is 0 Å². The molecule has 0 saturated heterocycles. The highest BCUT2D eigenvalue weighted by atomic mass is 16.3. The third-order valence-corrected chi connectivity index (χ3v) is 3.24. The average Bonchev–Trinajstić information content (AvgIpc) is 2.28. The fraction of sp³-hybridized carbons (Fsp3) is 0.500. The number of carbonyl (C=O) groups is 1. The summed E-state index contributed by atoms with van der Waals surface area (Å²) in [7, 11) is 1.96. The highest BCUT2D eigenvalue weighted by molar-refractivity contribution is 5.97. The van der Waals surface area contributed by atoms with Gasteiger partial charge in [0.2, 0.25) is 0 Å². The van der Waals surface area contributed by atoms with Crippen molar-refractivity contribution >= 4 is 5.78 Å². The van der Waals surface area contributed by atoms with Crippen LogP contribution in [0, 0.1) is 5.92 Å². The summed E-state index contributed by atoms with van der Waals surface area (Å²) in [5, 5.41) is 9.16. The molecule has 1 aromatic carbocycles. The second-order valence-electron chi connectivity index (χ2n) is 4.87. The Morgan fingerprint density at radius 2 is 1.76 bits per heavy atom. The number of phenols is 1. The topological polar surface area (TPSA) is 40.5 Å². The van der Waals surface area contributed by atoms with Gasteiger partial charge in [0.25, 0.3) is 0 Å². The summed E-state index contributed by atoms with van der Waals surface area (Å²) < 4.78 is 0. The molecule has 1 atom stereocenters. The van der Waals surface area contributed by atoms with Crippen molar-refractivity contribution in [2.45, 2.75) is 26.8 Å². The standard InChI is InChI=1S/C14H21NO2/c1-10(2)11(3)15(4)9-14(17)12-5-7-13(16)8-6-12/h5-8,10-11,16H,9H2,1-4H3. The number of Topliss-reactive ketones (excluding diaryl/α,β-unsaturated/α-hetero) is 1. The van der Waals surface area contributed by atoms with Gasteiger partial charge in [-0.2, -0.15) is 0 Å². The van der Waals surface area contributed by atoms with Gasteiger partial charge in [0, 0.05) is 11.6 Å². The maximum atomic E-state index is 12.0. The highest BCUT2D eigenvalue weighted by Crippen LogP contribution is 2.12. The van der Waals surface area contributed by atoms with Gasteiger partial charge in [-0.1, -0.05) is 13.8 Å². The Balaban J connectivity index is 2.63. The minimum Gasteiger partial charge on any atom is -0.508 e. The Labute approximate surface area is 103 Å². The molecule has 1 rings (SSSR count). The van der Waals surface area contributed by atoms with E-state index in [1.54, 1.807) is 24.3 Å². The number of hydrogen-bond acceptors (Lipinski definition) is 3. The Kier molecular flexibility index (Phi) is 4.70. The molecular formula is C14H21NO2. The maximum Gasteiger partial charge on any atom is 0.176 e. The van der Waals surface area contributed by atoms with Gasteiger partial charge >= 0.3 is 0 Å². The van der Waals surface area contributed by atoms with E-state index in [4.69, 9.17) is 5.11 Å². The van der Waals surface area contributed by atoms with Crippen LogP contribution in [0.15, 0.2) is 24.3 Å². The normalized spacial score (nSPS) is 13.1. The lowest BCUT2D eigenvalue weighted by atomic mass is 10.0. The van der Waals surface area contributed by atoms with Crippen LogP contribution >= 0.6 is 0 Å². The number of hydrogen-bond donors (Lipinski definition) is 1. The molecule has 0 aliphatic rings. The van der Waals surface area contributed by atoms with Crippen LogP contribution in [0.1, 0.15) is 31.1 Å². The van der Waals surface area contributed by atoms with Crippen molar-refractivity contribution in [3.8, 4) is 5.75 Å². The van der Waals surface area contributed by atoms with Gasteiger partial charge in [0.05, 0.1) is 6.54 Å². The van der Waals surface area contributed by atoms with Crippen LogP contribution in [-0.2, 0) is 0 Å². The molecular weight excluding hydrogens is 214 g/mol. The number of nitrogens with zero attached hydrogens (tertiary/aromatic N) is 1. The van der Waals surface area contributed by atoms with E-state index >= 15 is 0 Å². The van der Waals surface area contributed by atoms with Crippen LogP contribution in [0.5, 0.6) is 5.75 Å². The summed E-state index contributed by atoms with van der Waals surface area (Å²) in [6.45, 7) is 6.82. The van der Waals surface area contributed by atoms with Crippen LogP contribution < -0.4 is 0 Å². The first-order chi connectivity index (χ1) is 7.91. The monoisotopic (exact) mass is 235 g/mol. The molecule has 1 N–H and O–H groups in total. The predicted octanol–water partition coefficient (Wildman–Crippen LogP) is 2.55. The molecule has 0 bridgehead atoms. The molecule has 0 heterocycles. The van der Waals surface area contributed by atoms with E-state index in [1.807, 2.05) is 7.05 Å². The van der Waals surface area contributed by atoms with Crippen molar-refractivity contribution in [1.29, 1.82) is 0 Å². The Bertz CT molecular complexity index is 370. The van der Waals surface area contributed by atoms with Gasteiger partial charge < -0.3 is 5.11 Å². The van der Waals surface area contributed by atoms with Crippen LogP contribution in [-0.4, -0.2) is 35.4 Å². The molecule has 0 fully saturated rings. The van der Waals surface area contributed by atoms with E-state index in [1.165, 1.54) is 0 Å². The van der Waals surface area contributed by atoms with Gasteiger partial charge in [-0.3, -0.25) is 9.69 Å². The molecule has 1 aromatic rings. The molecule has 0 spiro atoms. The molecule has 0 aromatic heterocycles. The van der Waals surface area contributed by atoms with E-state index in [9.17, 15) is 4.79 Å². The first kappa shape index (κ1) is 13.7. The molecule has 1 unspecified atom stereocenters. The SMILES string of the molecule is CC(C)C(C)N(C)CC(=O)c1ccc(O)cc1. The van der Waals surface area contributed by atoms with Crippen LogP contribution in [0.3, 0.4) is 0 Å². The zero-order valence-corrected chi connectivity index (χ0v) is 11.0. The minimum absolute atomic E-state index is 0.0833. The number of benzene rings is 1. The third kappa shape index (κ3) is 3.86. The lowest BCUT2D eigenvalue weighted by Gasteiger charge is -2.27. The Hall–Kier alpha value is -1.35. The van der Waals surface area contributed by atoms with Crippen LogP contribution in [0.2, 0.25) is 0 Å². The van der Waals surface area contributed by atoms with Crippen molar-refractivity contribution < 1.29 is 9.90 Å². The number of rotatable bonds is 5. The van der Waals surface area contributed by atoms with Crippen molar-refractivity contribution in [1.82, 2.24) is 4.90 Å². The molecule has 3 nitrogen and oxygen atoms in total. The number of phenolic OH excluding ortho intramolecular Hbond substituents is 1. The first-order valence-corrected chi connectivity index (χ1v) is 5.94.